The average molecular weight is 136 g/mol. The summed E-state index contributed by atoms with van der Waals surface area (Å²) in [5, 5.41) is 10.6. The van der Waals surface area contributed by atoms with Gasteiger partial charge in [0.15, 0.2) is 5.78 Å². The topological polar surface area (TPSA) is 52.9 Å². The summed E-state index contributed by atoms with van der Waals surface area (Å²) in [5.74, 6) is -0.0298. The molecular weight excluding hydrogens is 128 g/mol. The minimum atomic E-state index is -0.0298. The second-order valence-electron chi connectivity index (χ2n) is 1.57. The minimum absolute atomic E-state index is 0.0298. The molecule has 0 saturated heterocycles. The standard InChI is InChI=1S/C7H8N2O/c1-7(10)3-6-9-5-2-4-8/h2-3,5-6,9H,1H3. The molecule has 0 aromatic carbocycles. The Labute approximate surface area is 59.7 Å². The van der Waals surface area contributed by atoms with Crippen molar-refractivity contribution in [1.29, 1.82) is 5.26 Å². The number of hydrogen-bond acceptors (Lipinski definition) is 3. The van der Waals surface area contributed by atoms with Gasteiger partial charge >= 0.3 is 0 Å². The summed E-state index contributed by atoms with van der Waals surface area (Å²) < 4.78 is 0. The van der Waals surface area contributed by atoms with Gasteiger partial charge in [0.2, 0.25) is 0 Å². The first-order valence-electron chi connectivity index (χ1n) is 2.75. The van der Waals surface area contributed by atoms with Gasteiger partial charge in [-0.1, -0.05) is 0 Å². The fourth-order valence-corrected chi connectivity index (χ4v) is 0.306. The Balaban J connectivity index is 3.47. The zero-order chi connectivity index (χ0) is 7.82. The molecule has 0 atom stereocenters. The fraction of sp³-hybridized carbons (Fsp3) is 0.143. The van der Waals surface area contributed by atoms with E-state index in [9.17, 15) is 4.79 Å². The third kappa shape index (κ3) is 6.44. The van der Waals surface area contributed by atoms with Crippen LogP contribution in [-0.2, 0) is 4.79 Å². The Kier molecular flexibility index (Phi) is 4.70. The molecule has 0 aromatic rings. The lowest BCUT2D eigenvalue weighted by atomic mass is 10.4. The third-order valence-electron chi connectivity index (χ3n) is 0.668. The highest BCUT2D eigenvalue weighted by Crippen LogP contribution is 1.71. The molecule has 0 radical (unpaired) electrons. The van der Waals surface area contributed by atoms with Crippen LogP contribution in [0.15, 0.2) is 24.6 Å². The number of rotatable bonds is 3. The summed E-state index contributed by atoms with van der Waals surface area (Å²) in [4.78, 5) is 10.3. The minimum Gasteiger partial charge on any atom is -0.367 e. The lowest BCUT2D eigenvalue weighted by Crippen LogP contribution is -1.92. The Hall–Kier alpha value is -1.56. The molecule has 0 spiro atoms. The molecular formula is C7H8N2O. The number of allylic oxidation sites excluding steroid dienone is 2. The summed E-state index contributed by atoms with van der Waals surface area (Å²) in [5.41, 5.74) is 0. The van der Waals surface area contributed by atoms with E-state index in [4.69, 9.17) is 5.26 Å². The summed E-state index contributed by atoms with van der Waals surface area (Å²) in [6.07, 6.45) is 5.57. The molecule has 0 fully saturated rings. The number of nitrogens with one attached hydrogen (secondary N) is 1. The quantitative estimate of drug-likeness (QED) is 0.459. The van der Waals surface area contributed by atoms with Crippen molar-refractivity contribution >= 4 is 5.78 Å². The van der Waals surface area contributed by atoms with Gasteiger partial charge in [-0.25, -0.2) is 0 Å². The van der Waals surface area contributed by atoms with Crippen molar-refractivity contribution in [3.8, 4) is 6.07 Å². The monoisotopic (exact) mass is 136 g/mol. The molecule has 0 bridgehead atoms. The number of ketones is 1. The Bertz CT molecular complexity index is 198. The van der Waals surface area contributed by atoms with Crippen molar-refractivity contribution < 1.29 is 4.79 Å². The normalized spacial score (nSPS) is 10.0. The molecule has 1 N–H and O–H groups in total. The highest BCUT2D eigenvalue weighted by molar-refractivity contribution is 5.87. The molecule has 0 aliphatic heterocycles. The van der Waals surface area contributed by atoms with Crippen LogP contribution in [-0.4, -0.2) is 5.78 Å². The molecule has 0 unspecified atom stereocenters. The smallest absolute Gasteiger partial charge is 0.154 e. The first-order valence-corrected chi connectivity index (χ1v) is 2.75. The number of nitrogens with zero attached hydrogens (tertiary/aromatic N) is 1. The SMILES string of the molecule is CC(=O)C=CNC=CC#N. The zero-order valence-electron chi connectivity index (χ0n) is 5.66. The van der Waals surface area contributed by atoms with Gasteiger partial charge in [-0.2, -0.15) is 5.26 Å². The van der Waals surface area contributed by atoms with Gasteiger partial charge in [-0.15, -0.1) is 0 Å². The van der Waals surface area contributed by atoms with Gasteiger partial charge in [0.1, 0.15) is 0 Å². The van der Waals surface area contributed by atoms with Crippen LogP contribution in [0.5, 0.6) is 0 Å². The van der Waals surface area contributed by atoms with Crippen LogP contribution in [0.25, 0.3) is 0 Å². The van der Waals surface area contributed by atoms with Crippen LogP contribution < -0.4 is 5.32 Å². The maximum atomic E-state index is 10.3. The zero-order valence-corrected chi connectivity index (χ0v) is 5.66. The molecule has 0 saturated carbocycles. The van der Waals surface area contributed by atoms with Crippen LogP contribution >= 0.6 is 0 Å². The number of carbonyl (C=O) groups excluding carboxylic acids is 1. The van der Waals surface area contributed by atoms with E-state index in [2.05, 4.69) is 5.32 Å². The number of hydrogen-bond donors (Lipinski definition) is 1. The van der Waals surface area contributed by atoms with Crippen LogP contribution in [0.2, 0.25) is 0 Å². The molecule has 0 aliphatic carbocycles. The Morgan fingerprint density at radius 2 is 2.30 bits per heavy atom. The molecule has 0 heterocycles. The van der Waals surface area contributed by atoms with E-state index in [0.717, 1.165) is 0 Å². The van der Waals surface area contributed by atoms with Crippen molar-refractivity contribution in [2.45, 2.75) is 6.92 Å². The van der Waals surface area contributed by atoms with E-state index in [1.165, 1.54) is 31.5 Å². The van der Waals surface area contributed by atoms with Crippen molar-refractivity contribution in [2.75, 3.05) is 0 Å². The number of nitriles is 1. The summed E-state index contributed by atoms with van der Waals surface area (Å²) in [6.45, 7) is 1.45. The second-order valence-corrected chi connectivity index (χ2v) is 1.57. The van der Waals surface area contributed by atoms with Crippen molar-refractivity contribution in [2.24, 2.45) is 0 Å². The van der Waals surface area contributed by atoms with Crippen LogP contribution in [0.4, 0.5) is 0 Å². The van der Waals surface area contributed by atoms with E-state index in [0.29, 0.717) is 0 Å². The lowest BCUT2D eigenvalue weighted by molar-refractivity contribution is -0.112. The molecule has 10 heavy (non-hydrogen) atoms. The molecule has 0 rings (SSSR count). The average Bonchev–Trinajstić information content (AvgIpc) is 1.87. The van der Waals surface area contributed by atoms with Gasteiger partial charge in [-0.05, 0) is 13.0 Å². The molecule has 52 valence electrons. The summed E-state index contributed by atoms with van der Waals surface area (Å²) in [6, 6.07) is 1.79. The molecule has 3 nitrogen and oxygen atoms in total. The van der Waals surface area contributed by atoms with Gasteiger partial charge in [-0.3, -0.25) is 4.79 Å². The lowest BCUT2D eigenvalue weighted by Gasteiger charge is -1.83. The van der Waals surface area contributed by atoms with E-state index >= 15 is 0 Å². The Morgan fingerprint density at radius 1 is 1.60 bits per heavy atom. The van der Waals surface area contributed by atoms with Gasteiger partial charge in [0.25, 0.3) is 0 Å². The molecule has 0 aromatic heterocycles. The van der Waals surface area contributed by atoms with Crippen molar-refractivity contribution in [1.82, 2.24) is 5.32 Å². The predicted molar refractivity (Wildman–Crippen MR) is 37.7 cm³/mol. The van der Waals surface area contributed by atoms with Gasteiger partial charge in [0, 0.05) is 18.5 Å². The fourth-order valence-electron chi connectivity index (χ4n) is 0.306. The summed E-state index contributed by atoms with van der Waals surface area (Å²) in [7, 11) is 0. The summed E-state index contributed by atoms with van der Waals surface area (Å²) >= 11 is 0. The maximum Gasteiger partial charge on any atom is 0.154 e. The third-order valence-corrected chi connectivity index (χ3v) is 0.668. The van der Waals surface area contributed by atoms with Crippen molar-refractivity contribution in [3.63, 3.8) is 0 Å². The van der Waals surface area contributed by atoms with Crippen LogP contribution in [0.1, 0.15) is 6.92 Å². The van der Waals surface area contributed by atoms with Gasteiger partial charge in [0.05, 0.1) is 6.07 Å². The Morgan fingerprint density at radius 3 is 2.80 bits per heavy atom. The number of carbonyl (C=O) groups is 1. The molecule has 3 heteroatoms. The highest BCUT2D eigenvalue weighted by atomic mass is 16.1. The van der Waals surface area contributed by atoms with E-state index < -0.39 is 0 Å². The van der Waals surface area contributed by atoms with E-state index in [1.54, 1.807) is 6.07 Å². The molecule has 0 amide bonds. The van der Waals surface area contributed by atoms with E-state index in [1.807, 2.05) is 0 Å². The van der Waals surface area contributed by atoms with Crippen molar-refractivity contribution in [3.05, 3.63) is 24.6 Å². The first-order chi connectivity index (χ1) is 4.77. The molecule has 0 aliphatic rings. The van der Waals surface area contributed by atoms with Crippen LogP contribution in [0.3, 0.4) is 0 Å². The largest absolute Gasteiger partial charge is 0.367 e. The first kappa shape index (κ1) is 8.44. The van der Waals surface area contributed by atoms with E-state index in [-0.39, 0.29) is 5.78 Å². The maximum absolute atomic E-state index is 10.3. The van der Waals surface area contributed by atoms with Crippen LogP contribution in [0, 0.1) is 11.3 Å². The second kappa shape index (κ2) is 5.57. The highest BCUT2D eigenvalue weighted by Gasteiger charge is 1.76. The predicted octanol–water partition coefficient (Wildman–Crippen LogP) is 0.716. The van der Waals surface area contributed by atoms with Gasteiger partial charge < -0.3 is 5.32 Å².